The summed E-state index contributed by atoms with van der Waals surface area (Å²) in [5.41, 5.74) is 8.50. The maximum Gasteiger partial charge on any atom is 0.221 e. The van der Waals surface area contributed by atoms with Crippen LogP contribution in [0.3, 0.4) is 0 Å². The lowest BCUT2D eigenvalue weighted by Crippen LogP contribution is -2.43. The third kappa shape index (κ3) is 16.7. The quantitative estimate of drug-likeness (QED) is 0.0244. The molecule has 2 N–H and O–H groups in total. The molecule has 0 saturated heterocycles. The van der Waals surface area contributed by atoms with Gasteiger partial charge in [0.15, 0.2) is 12.4 Å². The van der Waals surface area contributed by atoms with Gasteiger partial charge in [0.2, 0.25) is 23.2 Å². The monoisotopic (exact) mass is 997 g/mol. The second kappa shape index (κ2) is 26.2. The van der Waals surface area contributed by atoms with Gasteiger partial charge in [0.05, 0.1) is 71.5 Å². The number of aromatic nitrogens is 2. The summed E-state index contributed by atoms with van der Waals surface area (Å²) in [7, 11) is 21.9. The first kappa shape index (κ1) is 54.7. The molecule has 0 spiro atoms. The van der Waals surface area contributed by atoms with Crippen molar-refractivity contribution >= 4 is 102 Å². The highest BCUT2D eigenvalue weighted by atomic mass is 33.1. The Morgan fingerprint density at radius 1 is 0.507 bits per heavy atom. The topological polar surface area (TPSA) is 72.4 Å². The number of amides is 2. The molecule has 0 aliphatic carbocycles. The Morgan fingerprint density at radius 3 is 1.35 bits per heavy atom. The third-order valence-corrected chi connectivity index (χ3v) is 15.6. The van der Waals surface area contributed by atoms with Crippen molar-refractivity contribution in [2.45, 2.75) is 59.0 Å². The maximum atomic E-state index is 11.9. The minimum absolute atomic E-state index is 0.0676. The molecule has 0 saturated carbocycles. The van der Waals surface area contributed by atoms with Gasteiger partial charge in [0, 0.05) is 138 Å². The van der Waals surface area contributed by atoms with Crippen molar-refractivity contribution in [1.29, 1.82) is 0 Å². The molecule has 376 valence electrons. The highest BCUT2D eigenvalue weighted by Crippen LogP contribution is 2.31. The number of quaternary nitrogens is 2. The molecule has 0 unspecified atom stereocenters. The standard InChI is InChI=1S/C59H78N8O2S2/c1-46(68)60-50-32-36-64(52(44-50)28-24-48-26-30-58(62(3)4)56-22-13-11-20-54(48)56)34-15-17-38-66(7,8)40-19-42-70-71-43-41-67(9,10)39-18-16-35-65-37-33-51(61-47(2)69)45-53(65)29-25-49-27-31-59(63(5)6)57-23-14-12-21-55(49)57/h11-14,20-33,36-37,44-45H,15-19,34-35,38-43H2,1-10H3/q+2/p+2/b28-24+,29-25+. The lowest BCUT2D eigenvalue weighted by Gasteiger charge is -2.30. The second-order valence-electron chi connectivity index (χ2n) is 20.5. The van der Waals surface area contributed by atoms with E-state index in [-0.39, 0.29) is 11.8 Å². The molecule has 6 aromatic rings. The summed E-state index contributed by atoms with van der Waals surface area (Å²) in [6.07, 6.45) is 18.6. The largest absolute Gasteiger partial charge is 0.377 e. The van der Waals surface area contributed by atoms with Crippen molar-refractivity contribution < 1.29 is 27.7 Å². The Morgan fingerprint density at radius 2 is 0.915 bits per heavy atom. The van der Waals surface area contributed by atoms with E-state index >= 15 is 0 Å². The predicted molar refractivity (Wildman–Crippen MR) is 308 cm³/mol. The molecule has 2 aromatic heterocycles. The summed E-state index contributed by atoms with van der Waals surface area (Å²) < 4.78 is 6.67. The van der Waals surface area contributed by atoms with Gasteiger partial charge in [0.25, 0.3) is 0 Å². The van der Waals surface area contributed by atoms with Crippen LogP contribution in [-0.2, 0) is 22.7 Å². The Hall–Kier alpha value is -5.66. The van der Waals surface area contributed by atoms with Crippen molar-refractivity contribution in [3.05, 3.63) is 132 Å². The SMILES string of the molecule is CC(=O)Nc1cc[n+](CCCC[N+](C)(C)CCCSSCC[N+](C)(C)CCCC[n+]2ccc(NC(C)=O)cc2/C=C/c2ccc(N(C)C)c3ccccc23)c(/C=C/c2ccc(N(C)C)c3ccccc23)c1. The number of benzene rings is 4. The fourth-order valence-corrected chi connectivity index (χ4v) is 11.5. The van der Waals surface area contributed by atoms with Crippen LogP contribution in [0.4, 0.5) is 22.7 Å². The van der Waals surface area contributed by atoms with Crippen LogP contribution in [0.2, 0.25) is 0 Å². The number of pyridine rings is 2. The minimum atomic E-state index is -0.0680. The molecule has 0 atom stereocenters. The number of aryl methyl sites for hydroxylation is 2. The van der Waals surface area contributed by atoms with Gasteiger partial charge in [0.1, 0.15) is 13.1 Å². The van der Waals surface area contributed by atoms with E-state index in [0.717, 1.165) is 95.9 Å². The minimum Gasteiger partial charge on any atom is -0.377 e. The molecule has 0 radical (unpaired) electrons. The number of carbonyl (C=O) groups is 2. The summed E-state index contributed by atoms with van der Waals surface area (Å²) in [5.74, 6) is 2.18. The van der Waals surface area contributed by atoms with Crippen molar-refractivity contribution in [3.63, 3.8) is 0 Å². The molecule has 71 heavy (non-hydrogen) atoms. The molecule has 0 aliphatic rings. The van der Waals surface area contributed by atoms with Crippen LogP contribution in [0, 0.1) is 0 Å². The number of nitrogens with one attached hydrogen (secondary N) is 2. The summed E-state index contributed by atoms with van der Waals surface area (Å²) in [5, 5.41) is 10.9. The van der Waals surface area contributed by atoms with E-state index in [1.54, 1.807) is 13.8 Å². The summed E-state index contributed by atoms with van der Waals surface area (Å²) >= 11 is 0. The van der Waals surface area contributed by atoms with Crippen molar-refractivity contribution in [2.24, 2.45) is 0 Å². The first-order valence-electron chi connectivity index (χ1n) is 25.2. The molecule has 4 aromatic carbocycles. The zero-order valence-electron chi connectivity index (χ0n) is 44.2. The van der Waals surface area contributed by atoms with Gasteiger partial charge in [-0.3, -0.25) is 9.59 Å². The van der Waals surface area contributed by atoms with Crippen molar-refractivity contribution in [3.8, 4) is 0 Å². The normalized spacial score (nSPS) is 12.1. The first-order chi connectivity index (χ1) is 34.0. The third-order valence-electron chi connectivity index (χ3n) is 13.2. The summed E-state index contributed by atoms with van der Waals surface area (Å²) in [4.78, 5) is 28.2. The van der Waals surface area contributed by atoms with E-state index in [9.17, 15) is 9.59 Å². The molecular weight excluding hydrogens is 917 g/mol. The van der Waals surface area contributed by atoms with Crippen LogP contribution in [0.25, 0.3) is 45.8 Å². The Bertz CT molecular complexity index is 2610. The first-order valence-corrected chi connectivity index (χ1v) is 27.7. The molecular formula is C59H80N8O2S2+4. The molecule has 0 aliphatic heterocycles. The molecule has 6 rings (SSSR count). The van der Waals surface area contributed by atoms with Crippen molar-refractivity contribution in [1.82, 2.24) is 0 Å². The molecule has 12 heteroatoms. The lowest BCUT2D eigenvalue weighted by atomic mass is 10.0. The predicted octanol–water partition coefficient (Wildman–Crippen LogP) is 11.1. The van der Waals surface area contributed by atoms with Gasteiger partial charge in [-0.05, 0) is 46.2 Å². The van der Waals surface area contributed by atoms with E-state index in [2.05, 4.69) is 208 Å². The average Bonchev–Trinajstić information content (AvgIpc) is 3.32. The second-order valence-corrected chi connectivity index (χ2v) is 23.2. The average molecular weight is 997 g/mol. The zero-order chi connectivity index (χ0) is 51.0. The van der Waals surface area contributed by atoms with Gasteiger partial charge in [-0.25, -0.2) is 0 Å². The number of unbranched alkanes of at least 4 members (excludes halogenated alkanes) is 2. The number of rotatable bonds is 26. The number of anilines is 4. The van der Waals surface area contributed by atoms with Crippen LogP contribution in [0.5, 0.6) is 0 Å². The highest BCUT2D eigenvalue weighted by molar-refractivity contribution is 8.76. The molecule has 0 fully saturated rings. The van der Waals surface area contributed by atoms with Gasteiger partial charge in [-0.15, -0.1) is 0 Å². The van der Waals surface area contributed by atoms with E-state index in [0.29, 0.717) is 0 Å². The number of hydrogen-bond acceptors (Lipinski definition) is 6. The maximum absolute atomic E-state index is 11.9. The summed E-state index contributed by atoms with van der Waals surface area (Å²) in [6.45, 7) is 9.55. The van der Waals surface area contributed by atoms with Crippen molar-refractivity contribution in [2.75, 3.05) is 114 Å². The number of carbonyl (C=O) groups excluding carboxylic acids is 2. The number of fused-ring (bicyclic) bond motifs is 2. The van der Waals surface area contributed by atoms with Crippen LogP contribution in [0.15, 0.2) is 109 Å². The van der Waals surface area contributed by atoms with Crippen LogP contribution in [0.1, 0.15) is 68.5 Å². The van der Waals surface area contributed by atoms with E-state index in [4.69, 9.17) is 0 Å². The zero-order valence-corrected chi connectivity index (χ0v) is 45.8. The summed E-state index contributed by atoms with van der Waals surface area (Å²) in [6, 6.07) is 34.1. The fourth-order valence-electron chi connectivity index (χ4n) is 9.21. The Balaban J connectivity index is 0.909. The van der Waals surface area contributed by atoms with E-state index in [1.807, 2.05) is 33.7 Å². The van der Waals surface area contributed by atoms with Crippen LogP contribution < -0.4 is 29.6 Å². The Labute approximate surface area is 433 Å². The molecule has 0 bridgehead atoms. The Kier molecular flexibility index (Phi) is 20.1. The van der Waals surface area contributed by atoms with Crippen LogP contribution >= 0.6 is 21.6 Å². The van der Waals surface area contributed by atoms with Gasteiger partial charge in [-0.1, -0.05) is 82.3 Å². The molecule has 2 amide bonds. The van der Waals surface area contributed by atoms with Gasteiger partial charge in [-0.2, -0.15) is 9.13 Å². The smallest absolute Gasteiger partial charge is 0.221 e. The lowest BCUT2D eigenvalue weighted by molar-refractivity contribution is -0.890. The van der Waals surface area contributed by atoms with Gasteiger partial charge >= 0.3 is 0 Å². The van der Waals surface area contributed by atoms with E-state index in [1.165, 1.54) is 62.8 Å². The molecule has 10 nitrogen and oxygen atoms in total. The fraction of sp³-hybridized carbons (Fsp3) is 0.390. The number of nitrogens with zero attached hydrogens (tertiary/aromatic N) is 6. The highest BCUT2D eigenvalue weighted by Gasteiger charge is 2.19. The van der Waals surface area contributed by atoms with Gasteiger partial charge < -0.3 is 29.4 Å². The van der Waals surface area contributed by atoms with Crippen LogP contribution in [-0.4, -0.2) is 115 Å². The van der Waals surface area contributed by atoms with E-state index < -0.39 is 0 Å². The molecule has 2 heterocycles. The number of hydrogen-bond donors (Lipinski definition) is 2.